The van der Waals surface area contributed by atoms with Crippen LogP contribution < -0.4 is 0 Å². The van der Waals surface area contributed by atoms with Crippen LogP contribution in [0.25, 0.3) is 0 Å². The quantitative estimate of drug-likeness (QED) is 0.695. The minimum absolute atomic E-state index is 0.181. The number of hydrogen-bond donors (Lipinski definition) is 1. The van der Waals surface area contributed by atoms with Crippen molar-refractivity contribution in [1.29, 1.82) is 0 Å². The monoisotopic (exact) mass is 189 g/mol. The van der Waals surface area contributed by atoms with Crippen LogP contribution in [0.5, 0.6) is 0 Å². The molecule has 1 rings (SSSR count). The van der Waals surface area contributed by atoms with E-state index in [1.807, 2.05) is 6.26 Å². The molecule has 70 valence electrons. The lowest BCUT2D eigenvalue weighted by atomic mass is 10.3. The zero-order valence-electron chi connectivity index (χ0n) is 7.32. The highest BCUT2D eigenvalue weighted by Gasteiger charge is 2.23. The lowest BCUT2D eigenvalue weighted by molar-refractivity contribution is -0.130. The first-order chi connectivity index (χ1) is 5.74. The van der Waals surface area contributed by atoms with E-state index in [2.05, 4.69) is 0 Å². The van der Waals surface area contributed by atoms with Crippen molar-refractivity contribution >= 4 is 17.7 Å². The molecule has 1 amide bonds. The first kappa shape index (κ1) is 9.86. The van der Waals surface area contributed by atoms with E-state index in [1.54, 1.807) is 16.7 Å². The molecule has 1 heterocycles. The molecule has 1 atom stereocenters. The number of rotatable bonds is 3. The van der Waals surface area contributed by atoms with Crippen LogP contribution in [-0.2, 0) is 4.79 Å². The number of aliphatic hydroxyl groups is 1. The first-order valence-corrected chi connectivity index (χ1v) is 5.58. The maximum atomic E-state index is 11.4. The molecule has 1 N–H and O–H groups in total. The van der Waals surface area contributed by atoms with E-state index in [0.717, 1.165) is 18.7 Å². The van der Waals surface area contributed by atoms with Gasteiger partial charge in [0.25, 0.3) is 0 Å². The summed E-state index contributed by atoms with van der Waals surface area (Å²) >= 11 is 1.68. The van der Waals surface area contributed by atoms with Crippen molar-refractivity contribution in [2.24, 2.45) is 0 Å². The van der Waals surface area contributed by atoms with Crippen LogP contribution in [0.1, 0.15) is 12.8 Å². The summed E-state index contributed by atoms with van der Waals surface area (Å²) in [7, 11) is 0. The summed E-state index contributed by atoms with van der Waals surface area (Å²) in [6, 6.07) is 0. The molecule has 0 saturated carbocycles. The smallest absolute Gasteiger partial charge is 0.223 e. The molecule has 0 aromatic carbocycles. The Labute approximate surface area is 77.1 Å². The van der Waals surface area contributed by atoms with Gasteiger partial charge in [0.15, 0.2) is 0 Å². The third kappa shape index (κ3) is 2.68. The highest BCUT2D eigenvalue weighted by Crippen LogP contribution is 2.10. The van der Waals surface area contributed by atoms with Crippen LogP contribution in [0, 0.1) is 0 Å². The molecule has 0 radical (unpaired) electrons. The molecule has 1 aliphatic rings. The number of carbonyl (C=O) groups is 1. The molecular formula is C8H15NO2S. The summed E-state index contributed by atoms with van der Waals surface area (Å²) in [4.78, 5) is 13.1. The number of nitrogens with zero attached hydrogens (tertiary/aromatic N) is 1. The maximum absolute atomic E-state index is 11.4. The van der Waals surface area contributed by atoms with Gasteiger partial charge in [-0.2, -0.15) is 11.8 Å². The van der Waals surface area contributed by atoms with Crippen molar-refractivity contribution in [2.45, 2.75) is 18.9 Å². The Bertz CT molecular complexity index is 163. The first-order valence-electron chi connectivity index (χ1n) is 4.19. The van der Waals surface area contributed by atoms with Crippen LogP contribution in [-0.4, -0.2) is 47.1 Å². The lowest BCUT2D eigenvalue weighted by Crippen LogP contribution is -2.29. The van der Waals surface area contributed by atoms with Gasteiger partial charge in [0.2, 0.25) is 5.91 Å². The summed E-state index contributed by atoms with van der Waals surface area (Å²) in [5, 5.41) is 9.17. The Morgan fingerprint density at radius 3 is 3.00 bits per heavy atom. The highest BCUT2D eigenvalue weighted by molar-refractivity contribution is 7.98. The van der Waals surface area contributed by atoms with E-state index >= 15 is 0 Å². The van der Waals surface area contributed by atoms with E-state index in [-0.39, 0.29) is 12.0 Å². The second kappa shape index (κ2) is 4.72. The lowest BCUT2D eigenvalue weighted by Gasteiger charge is -2.14. The Hall–Kier alpha value is -0.220. The average Bonchev–Trinajstić information content (AvgIpc) is 2.47. The SMILES string of the molecule is CSCCC(=O)N1CC[C@H](O)C1. The number of β-amino-alcohol motifs (C(OH)–C–C–N with tert-alkyl or cyclic N) is 1. The van der Waals surface area contributed by atoms with Gasteiger partial charge >= 0.3 is 0 Å². The van der Waals surface area contributed by atoms with Crippen LogP contribution in [0.2, 0.25) is 0 Å². The van der Waals surface area contributed by atoms with Crippen LogP contribution in [0.4, 0.5) is 0 Å². The number of hydrogen-bond acceptors (Lipinski definition) is 3. The molecule has 1 saturated heterocycles. The predicted octanol–water partition coefficient (Wildman–Crippen LogP) is 0.333. The van der Waals surface area contributed by atoms with Crippen molar-refractivity contribution in [3.8, 4) is 0 Å². The Kier molecular flexibility index (Phi) is 3.88. The molecule has 4 heteroatoms. The third-order valence-electron chi connectivity index (χ3n) is 2.04. The van der Waals surface area contributed by atoms with Crippen molar-refractivity contribution in [3.63, 3.8) is 0 Å². The summed E-state index contributed by atoms with van der Waals surface area (Å²) in [5.74, 6) is 1.06. The van der Waals surface area contributed by atoms with Crippen molar-refractivity contribution in [3.05, 3.63) is 0 Å². The molecule has 0 unspecified atom stereocenters. The van der Waals surface area contributed by atoms with E-state index in [0.29, 0.717) is 13.0 Å². The van der Waals surface area contributed by atoms with Crippen molar-refractivity contribution < 1.29 is 9.90 Å². The Balaban J connectivity index is 2.23. The summed E-state index contributed by atoms with van der Waals surface area (Å²) in [6.07, 6.45) is 3.05. The van der Waals surface area contributed by atoms with Gasteiger partial charge < -0.3 is 10.0 Å². The molecule has 0 aromatic rings. The minimum atomic E-state index is -0.289. The van der Waals surface area contributed by atoms with Crippen LogP contribution in [0.3, 0.4) is 0 Å². The fraction of sp³-hybridized carbons (Fsp3) is 0.875. The van der Waals surface area contributed by atoms with E-state index < -0.39 is 0 Å². The molecule has 0 aliphatic carbocycles. The summed E-state index contributed by atoms with van der Waals surface area (Å²) < 4.78 is 0. The van der Waals surface area contributed by atoms with E-state index in [9.17, 15) is 9.90 Å². The third-order valence-corrected chi connectivity index (χ3v) is 2.65. The largest absolute Gasteiger partial charge is 0.391 e. The molecular weight excluding hydrogens is 174 g/mol. The zero-order chi connectivity index (χ0) is 8.97. The van der Waals surface area contributed by atoms with E-state index in [4.69, 9.17) is 0 Å². The fourth-order valence-corrected chi connectivity index (χ4v) is 1.69. The normalized spacial score (nSPS) is 23.2. The number of thioether (sulfide) groups is 1. The van der Waals surface area contributed by atoms with Gasteiger partial charge in [-0.1, -0.05) is 0 Å². The Morgan fingerprint density at radius 2 is 2.50 bits per heavy atom. The minimum Gasteiger partial charge on any atom is -0.391 e. The van der Waals surface area contributed by atoms with Crippen LogP contribution >= 0.6 is 11.8 Å². The van der Waals surface area contributed by atoms with Crippen LogP contribution in [0.15, 0.2) is 0 Å². The number of amides is 1. The number of aliphatic hydroxyl groups excluding tert-OH is 1. The molecule has 1 fully saturated rings. The molecule has 1 aliphatic heterocycles. The second-order valence-corrected chi connectivity index (χ2v) is 4.01. The summed E-state index contributed by atoms with van der Waals surface area (Å²) in [6.45, 7) is 1.27. The molecule has 0 spiro atoms. The van der Waals surface area contributed by atoms with Gasteiger partial charge in [0.1, 0.15) is 0 Å². The molecule has 12 heavy (non-hydrogen) atoms. The number of carbonyl (C=O) groups excluding carboxylic acids is 1. The Morgan fingerprint density at radius 1 is 1.75 bits per heavy atom. The summed E-state index contributed by atoms with van der Waals surface area (Å²) in [5.41, 5.74) is 0. The maximum Gasteiger partial charge on any atom is 0.223 e. The second-order valence-electron chi connectivity index (χ2n) is 3.03. The topological polar surface area (TPSA) is 40.5 Å². The zero-order valence-corrected chi connectivity index (χ0v) is 8.14. The predicted molar refractivity (Wildman–Crippen MR) is 50.2 cm³/mol. The standard InChI is InChI=1S/C8H15NO2S/c1-12-5-3-8(11)9-4-2-7(10)6-9/h7,10H,2-6H2,1H3/t7-/m0/s1. The van der Waals surface area contributed by atoms with Gasteiger partial charge in [-0.25, -0.2) is 0 Å². The van der Waals surface area contributed by atoms with Gasteiger partial charge in [0.05, 0.1) is 6.10 Å². The van der Waals surface area contributed by atoms with Gasteiger partial charge in [-0.05, 0) is 12.7 Å². The molecule has 0 bridgehead atoms. The molecule has 3 nitrogen and oxygen atoms in total. The number of likely N-dealkylation sites (tertiary alicyclic amines) is 1. The van der Waals surface area contributed by atoms with Crippen molar-refractivity contribution in [2.75, 3.05) is 25.1 Å². The van der Waals surface area contributed by atoms with Crippen molar-refractivity contribution in [1.82, 2.24) is 4.90 Å². The van der Waals surface area contributed by atoms with Gasteiger partial charge in [-0.3, -0.25) is 4.79 Å². The average molecular weight is 189 g/mol. The van der Waals surface area contributed by atoms with Gasteiger partial charge in [0, 0.05) is 25.3 Å². The van der Waals surface area contributed by atoms with E-state index in [1.165, 1.54) is 0 Å². The fourth-order valence-electron chi connectivity index (χ4n) is 1.32. The highest BCUT2D eigenvalue weighted by atomic mass is 32.2. The molecule has 0 aromatic heterocycles. The van der Waals surface area contributed by atoms with Gasteiger partial charge in [-0.15, -0.1) is 0 Å².